The Morgan fingerprint density at radius 1 is 1.60 bits per heavy atom. The fraction of sp³-hybridized carbons (Fsp3) is 0.333. The van der Waals surface area contributed by atoms with Gasteiger partial charge in [0.2, 0.25) is 5.91 Å². The molecule has 0 spiro atoms. The fourth-order valence-electron chi connectivity index (χ4n) is 1.94. The molecular weight excluding hydrogens is 262 g/mol. The van der Waals surface area contributed by atoms with E-state index in [-0.39, 0.29) is 23.3 Å². The Morgan fingerprint density at radius 3 is 2.95 bits per heavy atom. The largest absolute Gasteiger partial charge is 0.409 e. The molecule has 1 saturated heterocycles. The Labute approximate surface area is 115 Å². The van der Waals surface area contributed by atoms with Crippen LogP contribution in [0.15, 0.2) is 23.5 Å². The Hall–Kier alpha value is -2.64. The van der Waals surface area contributed by atoms with Gasteiger partial charge in [-0.05, 0) is 19.1 Å². The Morgan fingerprint density at radius 2 is 2.35 bits per heavy atom. The number of nitrogens with zero attached hydrogens (tertiary/aromatic N) is 3. The van der Waals surface area contributed by atoms with Crippen LogP contribution >= 0.6 is 0 Å². The maximum absolute atomic E-state index is 12.3. The summed E-state index contributed by atoms with van der Waals surface area (Å²) in [5.74, 6) is -0.585. The molecule has 0 bridgehead atoms. The predicted molar refractivity (Wildman–Crippen MR) is 70.3 cm³/mol. The van der Waals surface area contributed by atoms with Gasteiger partial charge in [-0.15, -0.1) is 0 Å². The number of hydrogen-bond acceptors (Lipinski definition) is 5. The van der Waals surface area contributed by atoms with Gasteiger partial charge >= 0.3 is 0 Å². The molecule has 2 rings (SSSR count). The minimum atomic E-state index is -0.526. The third kappa shape index (κ3) is 2.53. The minimum absolute atomic E-state index is 0.0813. The molecule has 1 aliphatic rings. The van der Waals surface area contributed by atoms with Crippen molar-refractivity contribution in [2.24, 2.45) is 10.9 Å². The second-order valence-corrected chi connectivity index (χ2v) is 4.38. The van der Waals surface area contributed by atoms with Crippen molar-refractivity contribution < 1.29 is 14.8 Å². The van der Waals surface area contributed by atoms with Gasteiger partial charge in [-0.25, -0.2) is 0 Å². The quantitative estimate of drug-likeness (QED) is 0.281. The summed E-state index contributed by atoms with van der Waals surface area (Å²) in [6.45, 7) is 2.53. The van der Waals surface area contributed by atoms with Crippen molar-refractivity contribution in [2.75, 3.05) is 13.1 Å². The lowest BCUT2D eigenvalue weighted by atomic mass is 10.1. The molecule has 8 heteroatoms. The summed E-state index contributed by atoms with van der Waals surface area (Å²) < 4.78 is 0. The number of carbonyl (C=O) groups is 2. The van der Waals surface area contributed by atoms with Gasteiger partial charge in [0.05, 0.1) is 0 Å². The fourth-order valence-corrected chi connectivity index (χ4v) is 1.94. The molecule has 2 heterocycles. The molecule has 1 aliphatic heterocycles. The van der Waals surface area contributed by atoms with Crippen LogP contribution in [0.25, 0.3) is 0 Å². The molecule has 4 N–H and O–H groups in total. The molecule has 1 aromatic heterocycles. The number of aromatic nitrogens is 1. The highest BCUT2D eigenvalue weighted by molar-refractivity contribution is 5.99. The zero-order chi connectivity index (χ0) is 14.7. The number of oxime groups is 1. The smallest absolute Gasteiger partial charge is 0.273 e. The first-order chi connectivity index (χ1) is 9.54. The van der Waals surface area contributed by atoms with Gasteiger partial charge in [0.1, 0.15) is 11.7 Å². The first-order valence-electron chi connectivity index (χ1n) is 6.07. The first kappa shape index (κ1) is 13.8. The van der Waals surface area contributed by atoms with Crippen molar-refractivity contribution in [1.82, 2.24) is 15.2 Å². The van der Waals surface area contributed by atoms with Crippen LogP contribution in [0.4, 0.5) is 0 Å². The van der Waals surface area contributed by atoms with Crippen LogP contribution in [0.2, 0.25) is 0 Å². The van der Waals surface area contributed by atoms with Gasteiger partial charge < -0.3 is 21.2 Å². The highest BCUT2D eigenvalue weighted by atomic mass is 16.4. The van der Waals surface area contributed by atoms with Gasteiger partial charge in [-0.2, -0.15) is 0 Å². The first-order valence-corrected chi connectivity index (χ1v) is 6.07. The number of amides is 2. The van der Waals surface area contributed by atoms with Gasteiger partial charge in [0, 0.05) is 24.8 Å². The Kier molecular flexibility index (Phi) is 3.83. The standard InChI is InChI=1S/C12H15N5O3/c1-7-11(18)14-4-5-17(7)12(19)9-3-2-8(6-15-9)10(13)16-20/h2-3,6-7,20H,4-5H2,1H3,(H2,13,16)(H,14,18). The molecule has 2 amide bonds. The van der Waals surface area contributed by atoms with Crippen LogP contribution in [0.5, 0.6) is 0 Å². The maximum atomic E-state index is 12.3. The Bertz CT molecular complexity index is 555. The second-order valence-electron chi connectivity index (χ2n) is 4.38. The van der Waals surface area contributed by atoms with E-state index in [0.29, 0.717) is 18.7 Å². The van der Waals surface area contributed by atoms with Crippen LogP contribution in [-0.2, 0) is 4.79 Å². The van der Waals surface area contributed by atoms with E-state index in [2.05, 4.69) is 15.5 Å². The van der Waals surface area contributed by atoms with Gasteiger partial charge in [0.25, 0.3) is 5.91 Å². The lowest BCUT2D eigenvalue weighted by molar-refractivity contribution is -0.127. The van der Waals surface area contributed by atoms with E-state index < -0.39 is 6.04 Å². The van der Waals surface area contributed by atoms with E-state index >= 15 is 0 Å². The topological polar surface area (TPSA) is 121 Å². The third-order valence-corrected chi connectivity index (χ3v) is 3.15. The normalized spacial score (nSPS) is 19.6. The second kappa shape index (κ2) is 5.55. The monoisotopic (exact) mass is 277 g/mol. The number of nitrogens with two attached hydrogens (primary N) is 1. The number of amidine groups is 1. The number of nitrogens with one attached hydrogen (secondary N) is 1. The number of piperazine rings is 1. The van der Waals surface area contributed by atoms with Crippen molar-refractivity contribution in [2.45, 2.75) is 13.0 Å². The van der Waals surface area contributed by atoms with Gasteiger partial charge in [-0.3, -0.25) is 14.6 Å². The zero-order valence-electron chi connectivity index (χ0n) is 10.9. The predicted octanol–water partition coefficient (Wildman–Crippen LogP) is -0.863. The van der Waals surface area contributed by atoms with E-state index in [1.54, 1.807) is 6.92 Å². The van der Waals surface area contributed by atoms with E-state index in [0.717, 1.165) is 0 Å². The number of rotatable bonds is 2. The van der Waals surface area contributed by atoms with Crippen molar-refractivity contribution in [3.05, 3.63) is 29.6 Å². The van der Waals surface area contributed by atoms with Gasteiger partial charge in [0.15, 0.2) is 5.84 Å². The van der Waals surface area contributed by atoms with Crippen molar-refractivity contribution in [3.8, 4) is 0 Å². The number of hydrogen-bond donors (Lipinski definition) is 3. The molecular formula is C12H15N5O3. The average Bonchev–Trinajstić information content (AvgIpc) is 2.48. The van der Waals surface area contributed by atoms with Gasteiger partial charge in [-0.1, -0.05) is 5.16 Å². The summed E-state index contributed by atoms with van der Waals surface area (Å²) in [5.41, 5.74) is 6.04. The molecule has 20 heavy (non-hydrogen) atoms. The lowest BCUT2D eigenvalue weighted by Crippen LogP contribution is -2.55. The molecule has 8 nitrogen and oxygen atoms in total. The van der Waals surface area contributed by atoms with Crippen LogP contribution in [0.3, 0.4) is 0 Å². The molecule has 0 saturated carbocycles. The summed E-state index contributed by atoms with van der Waals surface area (Å²) >= 11 is 0. The van der Waals surface area contributed by atoms with E-state index in [1.807, 2.05) is 0 Å². The van der Waals surface area contributed by atoms with Crippen LogP contribution in [-0.4, -0.2) is 51.9 Å². The molecule has 1 atom stereocenters. The average molecular weight is 277 g/mol. The van der Waals surface area contributed by atoms with E-state index in [1.165, 1.54) is 23.2 Å². The van der Waals surface area contributed by atoms with E-state index in [4.69, 9.17) is 10.9 Å². The summed E-state index contributed by atoms with van der Waals surface area (Å²) in [6, 6.07) is 2.49. The molecule has 1 fully saturated rings. The van der Waals surface area contributed by atoms with Crippen molar-refractivity contribution in [1.29, 1.82) is 0 Å². The molecule has 0 radical (unpaired) electrons. The van der Waals surface area contributed by atoms with Crippen LogP contribution < -0.4 is 11.1 Å². The number of carbonyl (C=O) groups excluding carboxylic acids is 2. The Balaban J connectivity index is 2.19. The van der Waals surface area contributed by atoms with Crippen molar-refractivity contribution in [3.63, 3.8) is 0 Å². The molecule has 0 aromatic carbocycles. The molecule has 1 aromatic rings. The van der Waals surface area contributed by atoms with Crippen molar-refractivity contribution >= 4 is 17.6 Å². The summed E-state index contributed by atoms with van der Waals surface area (Å²) in [6.07, 6.45) is 1.34. The van der Waals surface area contributed by atoms with Crippen LogP contribution in [0.1, 0.15) is 23.0 Å². The molecule has 106 valence electrons. The van der Waals surface area contributed by atoms with Crippen LogP contribution in [0, 0.1) is 0 Å². The third-order valence-electron chi connectivity index (χ3n) is 3.15. The highest BCUT2D eigenvalue weighted by Crippen LogP contribution is 2.10. The summed E-state index contributed by atoms with van der Waals surface area (Å²) in [7, 11) is 0. The number of pyridine rings is 1. The molecule has 1 unspecified atom stereocenters. The summed E-state index contributed by atoms with van der Waals surface area (Å²) in [4.78, 5) is 29.3. The zero-order valence-corrected chi connectivity index (χ0v) is 10.9. The van der Waals surface area contributed by atoms with E-state index in [9.17, 15) is 9.59 Å². The summed E-state index contributed by atoms with van der Waals surface area (Å²) in [5, 5.41) is 14.1. The highest BCUT2D eigenvalue weighted by Gasteiger charge is 2.30. The lowest BCUT2D eigenvalue weighted by Gasteiger charge is -2.32. The SMILES string of the molecule is CC1C(=O)NCCN1C(=O)c1ccc(C(N)=NO)cn1. The minimum Gasteiger partial charge on any atom is -0.409 e. The molecule has 0 aliphatic carbocycles. The maximum Gasteiger partial charge on any atom is 0.273 e.